The van der Waals surface area contributed by atoms with Crippen molar-refractivity contribution in [1.82, 2.24) is 10.4 Å². The number of carbonyl (C=O) groups is 1. The van der Waals surface area contributed by atoms with Crippen molar-refractivity contribution in [3.8, 4) is 0 Å². The molecule has 0 aliphatic carbocycles. The predicted octanol–water partition coefficient (Wildman–Crippen LogP) is -0.578. The zero-order valence-corrected chi connectivity index (χ0v) is 10.4. The van der Waals surface area contributed by atoms with Crippen LogP contribution in [0.5, 0.6) is 0 Å². The highest BCUT2D eigenvalue weighted by molar-refractivity contribution is 7.57. The second kappa shape index (κ2) is 6.98. The van der Waals surface area contributed by atoms with Gasteiger partial charge in [0.25, 0.3) is 5.91 Å². The molecule has 0 radical (unpaired) electrons. The molecule has 0 bridgehead atoms. The first-order valence-electron chi connectivity index (χ1n) is 4.97. The molecule has 16 heavy (non-hydrogen) atoms. The first kappa shape index (κ1) is 15.5. The number of aliphatic hydroxyl groups is 1. The molecular formula is C8H19N2O5P. The Balaban J connectivity index is 3.82. The van der Waals surface area contributed by atoms with E-state index in [9.17, 15) is 14.5 Å². The Morgan fingerprint density at radius 1 is 1.56 bits per heavy atom. The van der Waals surface area contributed by atoms with Gasteiger partial charge in [-0.25, -0.2) is 5.06 Å². The average Bonchev–Trinajstić information content (AvgIpc) is 2.16. The average molecular weight is 254 g/mol. The van der Waals surface area contributed by atoms with E-state index in [1.54, 1.807) is 0 Å². The molecule has 0 aliphatic heterocycles. The van der Waals surface area contributed by atoms with E-state index < -0.39 is 19.1 Å². The number of nitrogens with one attached hydrogen (secondary N) is 1. The molecule has 0 aromatic rings. The lowest BCUT2D eigenvalue weighted by molar-refractivity contribution is -0.164. The third kappa shape index (κ3) is 6.19. The summed E-state index contributed by atoms with van der Waals surface area (Å²) in [5, 5.41) is 21.4. The SMILES string of the molecule is CCCN(O)C(=O)CNCC(O)P(C)(=O)O. The van der Waals surface area contributed by atoms with Crippen LogP contribution in [0.25, 0.3) is 0 Å². The van der Waals surface area contributed by atoms with Crippen molar-refractivity contribution in [1.29, 1.82) is 0 Å². The fourth-order valence-corrected chi connectivity index (χ4v) is 1.37. The Hall–Kier alpha value is -0.460. The quantitative estimate of drug-likeness (QED) is 0.275. The van der Waals surface area contributed by atoms with Crippen molar-refractivity contribution in [2.45, 2.75) is 19.2 Å². The van der Waals surface area contributed by atoms with Crippen LogP contribution in [0.15, 0.2) is 0 Å². The predicted molar refractivity (Wildman–Crippen MR) is 58.4 cm³/mol. The van der Waals surface area contributed by atoms with Crippen molar-refractivity contribution in [2.75, 3.05) is 26.3 Å². The maximum Gasteiger partial charge on any atom is 0.259 e. The van der Waals surface area contributed by atoms with Crippen molar-refractivity contribution in [2.24, 2.45) is 0 Å². The lowest BCUT2D eigenvalue weighted by atomic mass is 10.4. The number of aliphatic hydroxyl groups excluding tert-OH is 1. The zero-order valence-electron chi connectivity index (χ0n) is 9.46. The summed E-state index contributed by atoms with van der Waals surface area (Å²) < 4.78 is 10.9. The van der Waals surface area contributed by atoms with Gasteiger partial charge in [-0.3, -0.25) is 14.6 Å². The van der Waals surface area contributed by atoms with Gasteiger partial charge in [-0.1, -0.05) is 6.92 Å². The second-order valence-electron chi connectivity index (χ2n) is 3.57. The Kier molecular flexibility index (Phi) is 6.78. The van der Waals surface area contributed by atoms with E-state index in [0.717, 1.165) is 6.66 Å². The van der Waals surface area contributed by atoms with Gasteiger partial charge in [0.1, 0.15) is 5.85 Å². The van der Waals surface area contributed by atoms with Crippen LogP contribution in [0.2, 0.25) is 0 Å². The smallest absolute Gasteiger partial charge is 0.259 e. The van der Waals surface area contributed by atoms with E-state index >= 15 is 0 Å². The van der Waals surface area contributed by atoms with E-state index in [2.05, 4.69) is 5.32 Å². The van der Waals surface area contributed by atoms with Crippen molar-refractivity contribution in [3.05, 3.63) is 0 Å². The van der Waals surface area contributed by atoms with Crippen LogP contribution in [0.3, 0.4) is 0 Å². The summed E-state index contributed by atoms with van der Waals surface area (Å²) in [4.78, 5) is 20.1. The molecule has 4 N–H and O–H groups in total. The highest BCUT2D eigenvalue weighted by atomic mass is 31.2. The fourth-order valence-electron chi connectivity index (χ4n) is 0.905. The molecular weight excluding hydrogens is 235 g/mol. The Labute approximate surface area is 94.5 Å². The molecule has 0 aliphatic rings. The van der Waals surface area contributed by atoms with E-state index in [4.69, 9.17) is 10.1 Å². The molecule has 0 spiro atoms. The molecule has 0 heterocycles. The van der Waals surface area contributed by atoms with Crippen molar-refractivity contribution >= 4 is 13.3 Å². The van der Waals surface area contributed by atoms with Crippen LogP contribution in [0.4, 0.5) is 0 Å². The van der Waals surface area contributed by atoms with Crippen LogP contribution in [0.1, 0.15) is 13.3 Å². The van der Waals surface area contributed by atoms with Gasteiger partial charge in [-0.2, -0.15) is 0 Å². The number of amides is 1. The minimum atomic E-state index is -3.55. The number of hydroxylamine groups is 2. The first-order valence-corrected chi connectivity index (χ1v) is 7.14. The molecule has 0 saturated carbocycles. The first-order chi connectivity index (χ1) is 7.29. The standard InChI is InChI=1S/C8H19N2O5P/c1-3-4-10(13)7(11)5-9-6-8(12)16(2,14)15/h8-9,12-13H,3-6H2,1-2H3,(H,14,15). The van der Waals surface area contributed by atoms with Gasteiger partial charge >= 0.3 is 0 Å². The molecule has 7 nitrogen and oxygen atoms in total. The lowest BCUT2D eigenvalue weighted by Gasteiger charge is -2.17. The van der Waals surface area contributed by atoms with Crippen molar-refractivity contribution < 1.29 is 24.6 Å². The van der Waals surface area contributed by atoms with Gasteiger partial charge in [0.2, 0.25) is 7.37 Å². The Morgan fingerprint density at radius 2 is 2.12 bits per heavy atom. The number of nitrogens with zero attached hydrogens (tertiary/aromatic N) is 1. The summed E-state index contributed by atoms with van der Waals surface area (Å²) in [7, 11) is -3.55. The monoisotopic (exact) mass is 254 g/mol. The van der Waals surface area contributed by atoms with Crippen LogP contribution < -0.4 is 5.32 Å². The lowest BCUT2D eigenvalue weighted by Crippen LogP contribution is -2.38. The number of rotatable bonds is 7. The molecule has 0 saturated heterocycles. The third-order valence-corrected chi connectivity index (χ3v) is 3.17. The van der Waals surface area contributed by atoms with Crippen LogP contribution >= 0.6 is 7.37 Å². The summed E-state index contributed by atoms with van der Waals surface area (Å²) in [6.07, 6.45) is 0.631. The van der Waals surface area contributed by atoms with Gasteiger partial charge in [-0.05, 0) is 6.42 Å². The summed E-state index contributed by atoms with van der Waals surface area (Å²) in [5.74, 6) is -1.95. The third-order valence-electron chi connectivity index (χ3n) is 1.88. The highest BCUT2D eigenvalue weighted by Gasteiger charge is 2.22. The molecule has 0 rings (SSSR count). The number of hydrogen-bond donors (Lipinski definition) is 4. The van der Waals surface area contributed by atoms with E-state index in [1.807, 2.05) is 6.92 Å². The minimum Gasteiger partial charge on any atom is -0.382 e. The molecule has 0 aromatic heterocycles. The van der Waals surface area contributed by atoms with Gasteiger partial charge in [-0.15, -0.1) is 0 Å². The van der Waals surface area contributed by atoms with Crippen LogP contribution in [-0.2, 0) is 9.36 Å². The van der Waals surface area contributed by atoms with Gasteiger partial charge < -0.3 is 15.3 Å². The topological polar surface area (TPSA) is 110 Å². The van der Waals surface area contributed by atoms with E-state index in [0.29, 0.717) is 11.5 Å². The fraction of sp³-hybridized carbons (Fsp3) is 0.875. The number of carbonyl (C=O) groups excluding carboxylic acids is 1. The molecule has 2 unspecified atom stereocenters. The van der Waals surface area contributed by atoms with E-state index in [1.165, 1.54) is 0 Å². The minimum absolute atomic E-state index is 0.171. The Morgan fingerprint density at radius 3 is 2.56 bits per heavy atom. The molecule has 0 fully saturated rings. The maximum atomic E-state index is 11.2. The maximum absolute atomic E-state index is 11.2. The largest absolute Gasteiger partial charge is 0.382 e. The number of hydrogen-bond acceptors (Lipinski definition) is 5. The summed E-state index contributed by atoms with van der Waals surface area (Å²) in [6.45, 7) is 2.72. The van der Waals surface area contributed by atoms with Gasteiger partial charge in [0, 0.05) is 19.8 Å². The summed E-state index contributed by atoms with van der Waals surface area (Å²) >= 11 is 0. The van der Waals surface area contributed by atoms with Crippen molar-refractivity contribution in [3.63, 3.8) is 0 Å². The van der Waals surface area contributed by atoms with Crippen LogP contribution in [-0.4, -0.2) is 58.3 Å². The normalized spacial score (nSPS) is 16.6. The van der Waals surface area contributed by atoms with Gasteiger partial charge in [0.05, 0.1) is 6.54 Å². The molecule has 96 valence electrons. The van der Waals surface area contributed by atoms with E-state index in [-0.39, 0.29) is 19.6 Å². The highest BCUT2D eigenvalue weighted by Crippen LogP contribution is 2.39. The molecule has 1 amide bonds. The summed E-state index contributed by atoms with van der Waals surface area (Å²) in [6, 6.07) is 0. The Bertz CT molecular complexity index is 267. The zero-order chi connectivity index (χ0) is 12.8. The molecule has 2 atom stereocenters. The molecule has 0 aromatic carbocycles. The second-order valence-corrected chi connectivity index (χ2v) is 6.05. The summed E-state index contributed by atoms with van der Waals surface area (Å²) in [5.41, 5.74) is 0. The molecule has 8 heteroatoms. The van der Waals surface area contributed by atoms with Crippen LogP contribution in [0, 0.1) is 0 Å². The van der Waals surface area contributed by atoms with Gasteiger partial charge in [0.15, 0.2) is 0 Å².